The molecule has 0 spiro atoms. The van der Waals surface area contributed by atoms with Gasteiger partial charge in [0.15, 0.2) is 0 Å². The van der Waals surface area contributed by atoms with Crippen LogP contribution in [-0.2, 0) is 20.9 Å². The summed E-state index contributed by atoms with van der Waals surface area (Å²) in [5.74, 6) is -0.793. The number of hydrogen-bond donors (Lipinski definition) is 0. The van der Waals surface area contributed by atoms with E-state index in [9.17, 15) is 19.7 Å². The van der Waals surface area contributed by atoms with Gasteiger partial charge in [-0.2, -0.15) is 5.10 Å². The van der Waals surface area contributed by atoms with Gasteiger partial charge in [-0.15, -0.1) is 0 Å². The van der Waals surface area contributed by atoms with Crippen LogP contribution in [0.3, 0.4) is 0 Å². The smallest absolute Gasteiger partial charge is 0.312 e. The summed E-state index contributed by atoms with van der Waals surface area (Å²) in [7, 11) is 0. The summed E-state index contributed by atoms with van der Waals surface area (Å²) >= 11 is 0. The number of hydrogen-bond acceptors (Lipinski definition) is 6. The third kappa shape index (κ3) is 3.72. The Balaban J connectivity index is 2.06. The van der Waals surface area contributed by atoms with Gasteiger partial charge in [0, 0.05) is 13.1 Å². The number of carbonyl (C=O) groups is 2. The maximum atomic E-state index is 12.5. The third-order valence-electron chi connectivity index (χ3n) is 4.20. The average Bonchev–Trinajstić information content (AvgIpc) is 2.81. The van der Waals surface area contributed by atoms with E-state index in [0.717, 1.165) is 6.42 Å². The molecule has 9 heteroatoms. The maximum absolute atomic E-state index is 12.5. The van der Waals surface area contributed by atoms with Gasteiger partial charge < -0.3 is 9.64 Å². The van der Waals surface area contributed by atoms with Crippen LogP contribution in [0.4, 0.5) is 5.69 Å². The SMILES string of the molecule is CCOC(=O)[C@H]1CCCN(C(=O)Cn2nc(C)c([N+](=O)[O-])c2C)C1. The lowest BCUT2D eigenvalue weighted by Crippen LogP contribution is -2.44. The second-order valence-corrected chi connectivity index (χ2v) is 5.87. The standard InChI is InChI=1S/C15H22N4O5/c1-4-24-15(21)12-6-5-7-17(8-12)13(20)9-18-11(3)14(19(22)23)10(2)16-18/h12H,4-9H2,1-3H3/t12-/m0/s1. The van der Waals surface area contributed by atoms with Crippen LogP contribution in [0.1, 0.15) is 31.2 Å². The quantitative estimate of drug-likeness (QED) is 0.454. The van der Waals surface area contributed by atoms with Gasteiger partial charge in [0.25, 0.3) is 0 Å². The van der Waals surface area contributed by atoms with E-state index in [2.05, 4.69) is 5.10 Å². The first-order valence-electron chi connectivity index (χ1n) is 7.98. The highest BCUT2D eigenvalue weighted by Gasteiger charge is 2.30. The topological polar surface area (TPSA) is 108 Å². The van der Waals surface area contributed by atoms with Crippen molar-refractivity contribution < 1.29 is 19.2 Å². The molecule has 0 radical (unpaired) electrons. The van der Waals surface area contributed by atoms with E-state index in [1.807, 2.05) is 0 Å². The Morgan fingerprint density at radius 3 is 2.71 bits per heavy atom. The highest BCUT2D eigenvalue weighted by atomic mass is 16.6. The second-order valence-electron chi connectivity index (χ2n) is 5.87. The van der Waals surface area contributed by atoms with Gasteiger partial charge in [0.1, 0.15) is 17.9 Å². The fraction of sp³-hybridized carbons (Fsp3) is 0.667. The number of piperidine rings is 1. The minimum absolute atomic E-state index is 0.0640. The summed E-state index contributed by atoms with van der Waals surface area (Å²) in [6, 6.07) is 0. The summed E-state index contributed by atoms with van der Waals surface area (Å²) < 4.78 is 6.37. The molecule has 9 nitrogen and oxygen atoms in total. The number of likely N-dealkylation sites (tertiary alicyclic amines) is 1. The van der Waals surface area contributed by atoms with Crippen molar-refractivity contribution >= 4 is 17.6 Å². The van der Waals surface area contributed by atoms with Crippen LogP contribution in [-0.4, -0.2) is 51.2 Å². The van der Waals surface area contributed by atoms with E-state index in [1.54, 1.807) is 25.7 Å². The van der Waals surface area contributed by atoms with E-state index in [0.29, 0.717) is 31.8 Å². The van der Waals surface area contributed by atoms with E-state index in [1.165, 1.54) is 4.68 Å². The Bertz CT molecular complexity index is 655. The summed E-state index contributed by atoms with van der Waals surface area (Å²) in [6.45, 7) is 6.00. The molecule has 1 amide bonds. The number of carbonyl (C=O) groups excluding carboxylic acids is 2. The lowest BCUT2D eigenvalue weighted by Gasteiger charge is -2.31. The van der Waals surface area contributed by atoms with Gasteiger partial charge in [-0.1, -0.05) is 0 Å². The molecule has 0 unspecified atom stereocenters. The van der Waals surface area contributed by atoms with E-state index < -0.39 is 4.92 Å². The van der Waals surface area contributed by atoms with Gasteiger partial charge >= 0.3 is 11.7 Å². The predicted molar refractivity (Wildman–Crippen MR) is 84.3 cm³/mol. The molecule has 2 rings (SSSR count). The molecular weight excluding hydrogens is 316 g/mol. The van der Waals surface area contributed by atoms with Crippen LogP contribution in [0.15, 0.2) is 0 Å². The summed E-state index contributed by atoms with van der Waals surface area (Å²) in [6.07, 6.45) is 1.43. The first-order chi connectivity index (χ1) is 11.3. The molecule has 132 valence electrons. The van der Waals surface area contributed by atoms with Crippen LogP contribution in [0.5, 0.6) is 0 Å². The normalized spacial score (nSPS) is 17.6. The molecule has 1 fully saturated rings. The molecule has 1 atom stereocenters. The molecule has 0 bridgehead atoms. The molecular formula is C15H22N4O5. The van der Waals surface area contributed by atoms with Crippen LogP contribution in [0.2, 0.25) is 0 Å². The number of amides is 1. The van der Waals surface area contributed by atoms with Gasteiger partial charge in [-0.25, -0.2) is 0 Å². The molecule has 24 heavy (non-hydrogen) atoms. The van der Waals surface area contributed by atoms with Gasteiger partial charge in [-0.05, 0) is 33.6 Å². The Morgan fingerprint density at radius 2 is 2.12 bits per heavy atom. The van der Waals surface area contributed by atoms with Gasteiger partial charge in [0.05, 0.1) is 17.4 Å². The summed E-state index contributed by atoms with van der Waals surface area (Å²) in [4.78, 5) is 36.5. The Labute approximate surface area is 139 Å². The van der Waals surface area contributed by atoms with Crippen molar-refractivity contribution in [3.8, 4) is 0 Å². The Hall–Kier alpha value is -2.45. The molecule has 0 N–H and O–H groups in total. The number of aryl methyl sites for hydroxylation is 1. The van der Waals surface area contributed by atoms with Crippen LogP contribution in [0, 0.1) is 29.9 Å². The van der Waals surface area contributed by atoms with E-state index in [4.69, 9.17) is 4.74 Å². The number of aromatic nitrogens is 2. The lowest BCUT2D eigenvalue weighted by atomic mass is 9.98. The zero-order chi connectivity index (χ0) is 17.9. The second kappa shape index (κ2) is 7.41. The summed E-state index contributed by atoms with van der Waals surface area (Å²) in [5, 5.41) is 15.1. The Kier molecular flexibility index (Phi) is 5.53. The monoisotopic (exact) mass is 338 g/mol. The molecule has 1 aliphatic heterocycles. The number of esters is 1. The van der Waals surface area contributed by atoms with Crippen molar-refractivity contribution in [2.45, 2.75) is 40.2 Å². The predicted octanol–water partition coefficient (Wildman–Crippen LogP) is 1.21. The first kappa shape index (κ1) is 17.9. The van der Waals surface area contributed by atoms with Crippen LogP contribution >= 0.6 is 0 Å². The van der Waals surface area contributed by atoms with Gasteiger partial charge in [-0.3, -0.25) is 24.4 Å². The highest BCUT2D eigenvalue weighted by Crippen LogP contribution is 2.23. The summed E-state index contributed by atoms with van der Waals surface area (Å²) in [5.41, 5.74) is 0.573. The zero-order valence-corrected chi connectivity index (χ0v) is 14.2. The molecule has 0 aliphatic carbocycles. The molecule has 1 aromatic heterocycles. The fourth-order valence-corrected chi connectivity index (χ4v) is 2.99. The van der Waals surface area contributed by atoms with Crippen molar-refractivity contribution in [3.05, 3.63) is 21.5 Å². The highest BCUT2D eigenvalue weighted by molar-refractivity contribution is 5.78. The van der Waals surface area contributed by atoms with E-state index >= 15 is 0 Å². The minimum Gasteiger partial charge on any atom is -0.466 e. The number of nitro groups is 1. The zero-order valence-electron chi connectivity index (χ0n) is 14.2. The lowest BCUT2D eigenvalue weighted by molar-refractivity contribution is -0.386. The molecule has 0 saturated carbocycles. The minimum atomic E-state index is -0.490. The number of nitrogens with zero attached hydrogens (tertiary/aromatic N) is 4. The van der Waals surface area contributed by atoms with Crippen LogP contribution < -0.4 is 0 Å². The maximum Gasteiger partial charge on any atom is 0.312 e. The fourth-order valence-electron chi connectivity index (χ4n) is 2.99. The molecule has 2 heterocycles. The molecule has 1 aromatic rings. The van der Waals surface area contributed by atoms with Gasteiger partial charge in [0.2, 0.25) is 5.91 Å². The molecule has 0 aromatic carbocycles. The largest absolute Gasteiger partial charge is 0.466 e. The van der Waals surface area contributed by atoms with Crippen molar-refractivity contribution in [1.82, 2.24) is 14.7 Å². The Morgan fingerprint density at radius 1 is 1.42 bits per heavy atom. The first-order valence-corrected chi connectivity index (χ1v) is 7.98. The van der Waals surface area contributed by atoms with E-state index in [-0.39, 0.29) is 35.7 Å². The number of ether oxygens (including phenoxy) is 1. The van der Waals surface area contributed by atoms with Crippen molar-refractivity contribution in [3.63, 3.8) is 0 Å². The van der Waals surface area contributed by atoms with Crippen molar-refractivity contribution in [2.24, 2.45) is 5.92 Å². The van der Waals surface area contributed by atoms with Crippen LogP contribution in [0.25, 0.3) is 0 Å². The van der Waals surface area contributed by atoms with Crippen molar-refractivity contribution in [2.75, 3.05) is 19.7 Å². The average molecular weight is 338 g/mol. The number of rotatable bonds is 5. The molecule has 1 saturated heterocycles. The third-order valence-corrected chi connectivity index (χ3v) is 4.20. The van der Waals surface area contributed by atoms with Crippen molar-refractivity contribution in [1.29, 1.82) is 0 Å². The molecule has 1 aliphatic rings.